The summed E-state index contributed by atoms with van der Waals surface area (Å²) in [6.45, 7) is 19.6. The van der Waals surface area contributed by atoms with Gasteiger partial charge in [0.25, 0.3) is 0 Å². The molecule has 0 spiro atoms. The number of aromatic nitrogens is 2. The number of fused-ring (bicyclic) bond motifs is 4. The Balaban J connectivity index is 0.000000286. The van der Waals surface area contributed by atoms with Crippen LogP contribution in [0.25, 0.3) is 32.9 Å². The zero-order valence-corrected chi connectivity index (χ0v) is 30.4. The van der Waals surface area contributed by atoms with Gasteiger partial charge in [-0.25, -0.2) is 0 Å². The van der Waals surface area contributed by atoms with E-state index >= 15 is 0 Å². The molecule has 0 unspecified atom stereocenters. The van der Waals surface area contributed by atoms with Gasteiger partial charge in [0, 0.05) is 49.7 Å². The Bertz CT molecular complexity index is 1630. The van der Waals surface area contributed by atoms with Crippen molar-refractivity contribution in [2.75, 3.05) is 0 Å². The number of aliphatic hydroxyl groups is 1. The molecule has 2 aromatic heterocycles. The molecule has 4 nitrogen and oxygen atoms in total. The average Bonchev–Trinajstić information content (AvgIpc) is 2.96. The Hall–Kier alpha value is -2.88. The van der Waals surface area contributed by atoms with Crippen molar-refractivity contribution in [2.24, 2.45) is 17.3 Å². The van der Waals surface area contributed by atoms with Crippen molar-refractivity contribution in [3.05, 3.63) is 83.4 Å². The number of pyridine rings is 2. The maximum Gasteiger partial charge on any atom is 0.162 e. The van der Waals surface area contributed by atoms with Crippen LogP contribution in [0.1, 0.15) is 105 Å². The van der Waals surface area contributed by atoms with Crippen molar-refractivity contribution < 1.29 is 30.0 Å². The van der Waals surface area contributed by atoms with Crippen molar-refractivity contribution >= 4 is 27.5 Å². The summed E-state index contributed by atoms with van der Waals surface area (Å²) in [7, 11) is 0. The minimum absolute atomic E-state index is 0. The molecule has 4 aromatic rings. The number of hydrogen-bond donors (Lipinski definition) is 1. The fourth-order valence-corrected chi connectivity index (χ4v) is 6.57. The molecule has 0 saturated carbocycles. The molecule has 1 aliphatic rings. The Labute approximate surface area is 278 Å². The van der Waals surface area contributed by atoms with Crippen LogP contribution < -0.4 is 0 Å². The minimum Gasteiger partial charge on any atom is -0.512 e. The molecule has 5 rings (SSSR count). The minimum atomic E-state index is -0.147. The maximum absolute atomic E-state index is 11.7. The van der Waals surface area contributed by atoms with Crippen LogP contribution in [0.15, 0.2) is 60.6 Å². The van der Waals surface area contributed by atoms with Gasteiger partial charge in [-0.05, 0) is 77.2 Å². The van der Waals surface area contributed by atoms with Gasteiger partial charge < -0.3 is 10.1 Å². The maximum atomic E-state index is 11.7. The molecular formula is C39H49IrN2O2-. The van der Waals surface area contributed by atoms with Gasteiger partial charge in [-0.2, -0.15) is 11.6 Å². The van der Waals surface area contributed by atoms with Crippen LogP contribution in [0.3, 0.4) is 0 Å². The summed E-state index contributed by atoms with van der Waals surface area (Å²) in [6, 6.07) is 16.7. The topological polar surface area (TPSA) is 63.1 Å². The molecule has 0 fully saturated rings. The number of rotatable bonds is 8. The number of hydrogen-bond acceptors (Lipinski definition) is 4. The van der Waals surface area contributed by atoms with E-state index in [9.17, 15) is 9.90 Å². The molecule has 44 heavy (non-hydrogen) atoms. The zero-order valence-electron chi connectivity index (χ0n) is 28.0. The number of aliphatic hydroxyl groups excluding tert-OH is 1. The van der Waals surface area contributed by atoms with Crippen molar-refractivity contribution in [1.29, 1.82) is 0 Å². The largest absolute Gasteiger partial charge is 0.512 e. The van der Waals surface area contributed by atoms with Gasteiger partial charge in [0.15, 0.2) is 5.78 Å². The second kappa shape index (κ2) is 14.5. The predicted molar refractivity (Wildman–Crippen MR) is 180 cm³/mol. The first kappa shape index (κ1) is 35.6. The van der Waals surface area contributed by atoms with Gasteiger partial charge in [0.1, 0.15) is 0 Å². The van der Waals surface area contributed by atoms with Crippen LogP contribution in [0.4, 0.5) is 0 Å². The molecule has 0 saturated heterocycles. The van der Waals surface area contributed by atoms with E-state index in [0.717, 1.165) is 48.9 Å². The summed E-state index contributed by atoms with van der Waals surface area (Å²) >= 11 is 0. The predicted octanol–water partition coefficient (Wildman–Crippen LogP) is 10.3. The van der Waals surface area contributed by atoms with Crippen molar-refractivity contribution in [3.63, 3.8) is 0 Å². The number of benzene rings is 2. The summed E-state index contributed by atoms with van der Waals surface area (Å²) in [5.41, 5.74) is 7.27. The van der Waals surface area contributed by atoms with E-state index in [2.05, 4.69) is 82.1 Å². The van der Waals surface area contributed by atoms with Gasteiger partial charge in [0.05, 0.1) is 5.76 Å². The summed E-state index contributed by atoms with van der Waals surface area (Å²) in [5, 5.41) is 13.5. The summed E-state index contributed by atoms with van der Waals surface area (Å²) in [4.78, 5) is 21.2. The van der Waals surface area contributed by atoms with Crippen LogP contribution in [-0.2, 0) is 36.7 Å². The van der Waals surface area contributed by atoms with Gasteiger partial charge in [0.2, 0.25) is 0 Å². The van der Waals surface area contributed by atoms with Crippen molar-refractivity contribution in [1.82, 2.24) is 9.97 Å². The van der Waals surface area contributed by atoms with Gasteiger partial charge >= 0.3 is 0 Å². The quantitative estimate of drug-likeness (QED) is 0.110. The molecule has 2 heterocycles. The van der Waals surface area contributed by atoms with E-state index in [1.165, 1.54) is 38.9 Å². The smallest absolute Gasteiger partial charge is 0.162 e. The standard InChI is InChI=1S/C26H25N2.C13H24O2.Ir/c1-25(2,3)14-16-9-10-17-15-28-24-18-11-12-27-21-8-6-7-20(22(18)21)26(4,5)23(24)19(17)13-16;1-5-10(6-2)12(14)9-13(15)11(7-3)8-4;/h6-10,12-13,15H,14H2,1-5H3;9-11,14H,5-8H2,1-4H3;/q-1;;/b;12-9-;. The number of allylic oxidation sites excluding steroid dienone is 2. The SMILES string of the molecule is CC(C)(C)Cc1ccc2cnc3c(c2c1)C(C)(C)c1cccc2nc[c-]c-3c12.CCC(CC)C(=O)/C=C(\O)C(CC)CC.[Ir]. The van der Waals surface area contributed by atoms with Crippen LogP contribution in [0, 0.1) is 23.3 Å². The van der Waals surface area contributed by atoms with Gasteiger partial charge in [-0.3, -0.25) is 9.78 Å². The Morgan fingerprint density at radius 1 is 0.977 bits per heavy atom. The third-order valence-corrected chi connectivity index (χ3v) is 9.01. The number of carbonyl (C=O) groups is 1. The second-order valence-electron chi connectivity index (χ2n) is 13.7. The molecular weight excluding hydrogens is 721 g/mol. The Morgan fingerprint density at radius 2 is 1.64 bits per heavy atom. The molecule has 0 aliphatic heterocycles. The van der Waals surface area contributed by atoms with Crippen LogP contribution in [0.5, 0.6) is 0 Å². The number of carbonyl (C=O) groups excluding carboxylic acids is 1. The van der Waals surface area contributed by atoms with E-state index in [1.54, 1.807) is 6.20 Å². The second-order valence-corrected chi connectivity index (χ2v) is 13.7. The Morgan fingerprint density at radius 3 is 2.25 bits per heavy atom. The Kier molecular flexibility index (Phi) is 11.7. The average molecular weight is 770 g/mol. The van der Waals surface area contributed by atoms with Crippen LogP contribution >= 0.6 is 0 Å². The molecule has 2 aromatic carbocycles. The van der Waals surface area contributed by atoms with E-state index in [4.69, 9.17) is 4.98 Å². The molecule has 0 atom stereocenters. The van der Waals surface area contributed by atoms with Crippen molar-refractivity contribution in [2.45, 2.75) is 99.8 Å². The van der Waals surface area contributed by atoms with Crippen LogP contribution in [0.2, 0.25) is 0 Å². The van der Waals surface area contributed by atoms with E-state index in [0.29, 0.717) is 0 Å². The molecule has 237 valence electrons. The molecule has 1 aliphatic carbocycles. The molecule has 5 heteroatoms. The summed E-state index contributed by atoms with van der Waals surface area (Å²) < 4.78 is 0. The molecule has 1 N–H and O–H groups in total. The molecule has 1 radical (unpaired) electrons. The van der Waals surface area contributed by atoms with E-state index in [1.807, 2.05) is 33.9 Å². The first-order valence-corrected chi connectivity index (χ1v) is 16.0. The third-order valence-electron chi connectivity index (χ3n) is 9.01. The number of nitrogens with zero attached hydrogens (tertiary/aromatic N) is 2. The number of ketones is 1. The molecule has 0 amide bonds. The van der Waals surface area contributed by atoms with Crippen molar-refractivity contribution in [3.8, 4) is 11.3 Å². The van der Waals surface area contributed by atoms with Gasteiger partial charge in [-0.15, -0.1) is 0 Å². The first-order chi connectivity index (χ1) is 20.4. The third kappa shape index (κ3) is 7.32. The fourth-order valence-electron chi connectivity index (χ4n) is 6.57. The first-order valence-electron chi connectivity index (χ1n) is 16.0. The fraction of sp³-hybridized carbons (Fsp3) is 0.462. The normalized spacial score (nSPS) is 13.8. The summed E-state index contributed by atoms with van der Waals surface area (Å²) in [5.74, 6) is 0.547. The van der Waals surface area contributed by atoms with E-state index in [-0.39, 0.29) is 54.3 Å². The monoisotopic (exact) mass is 770 g/mol. The van der Waals surface area contributed by atoms with E-state index < -0.39 is 0 Å². The zero-order chi connectivity index (χ0) is 31.5. The van der Waals surface area contributed by atoms with Gasteiger partial charge in [-0.1, -0.05) is 109 Å². The summed E-state index contributed by atoms with van der Waals surface area (Å²) in [6.07, 6.45) is 9.76. The molecule has 0 bridgehead atoms. The van der Waals surface area contributed by atoms with Crippen LogP contribution in [-0.4, -0.2) is 20.9 Å².